The average molecular weight is 293 g/mol. The van der Waals surface area contributed by atoms with E-state index in [2.05, 4.69) is 21.0 Å². The van der Waals surface area contributed by atoms with Crippen LogP contribution < -0.4 is 16.4 Å². The van der Waals surface area contributed by atoms with Crippen LogP contribution in [0.25, 0.3) is 0 Å². The quantitative estimate of drug-likeness (QED) is 0.701. The van der Waals surface area contributed by atoms with Crippen LogP contribution in [0.4, 0.5) is 0 Å². The summed E-state index contributed by atoms with van der Waals surface area (Å²) in [7, 11) is 0. The van der Waals surface area contributed by atoms with E-state index in [4.69, 9.17) is 11.6 Å². The van der Waals surface area contributed by atoms with E-state index < -0.39 is 17.4 Å². The minimum atomic E-state index is -0.649. The van der Waals surface area contributed by atoms with E-state index in [-0.39, 0.29) is 5.69 Å². The van der Waals surface area contributed by atoms with Gasteiger partial charge in [0.15, 0.2) is 5.69 Å². The molecule has 0 aliphatic heterocycles. The predicted molar refractivity (Wildman–Crippen MR) is 71.2 cm³/mol. The van der Waals surface area contributed by atoms with Gasteiger partial charge in [0.25, 0.3) is 17.4 Å². The molecule has 2 rings (SSSR count). The van der Waals surface area contributed by atoms with Gasteiger partial charge in [-0.15, -0.1) is 0 Å². The molecule has 3 N–H and O–H groups in total. The van der Waals surface area contributed by atoms with E-state index in [1.165, 1.54) is 18.2 Å². The van der Waals surface area contributed by atoms with Gasteiger partial charge < -0.3 is 0 Å². The van der Waals surface area contributed by atoms with Crippen molar-refractivity contribution in [1.29, 1.82) is 0 Å². The number of amides is 2. The molecule has 2 aromatic rings. The third-order valence-corrected chi connectivity index (χ3v) is 2.56. The highest BCUT2D eigenvalue weighted by Crippen LogP contribution is 2.08. The first-order valence-electron chi connectivity index (χ1n) is 5.48. The number of aromatic amines is 1. The maximum Gasteiger partial charge on any atom is 0.290 e. The Morgan fingerprint density at radius 1 is 1.00 bits per heavy atom. The van der Waals surface area contributed by atoms with Gasteiger partial charge in [0.1, 0.15) is 0 Å². The summed E-state index contributed by atoms with van der Waals surface area (Å²) in [5, 5.41) is 6.14. The van der Waals surface area contributed by atoms with Crippen LogP contribution in [0.2, 0.25) is 5.02 Å². The Hall–Kier alpha value is -2.67. The van der Waals surface area contributed by atoms with Crippen LogP contribution in [0, 0.1) is 0 Å². The van der Waals surface area contributed by atoms with Crippen molar-refractivity contribution in [2.24, 2.45) is 0 Å². The SMILES string of the molecule is O=C(NNC(=O)c1ccc(=O)[nH]n1)c1ccc(Cl)cc1. The molecule has 2 amide bonds. The minimum absolute atomic E-state index is 0.0268. The Bertz CT molecular complexity index is 676. The number of halogens is 1. The van der Waals surface area contributed by atoms with Crippen molar-refractivity contribution in [3.8, 4) is 0 Å². The molecule has 102 valence electrons. The van der Waals surface area contributed by atoms with Gasteiger partial charge in [0.2, 0.25) is 0 Å². The van der Waals surface area contributed by atoms with Gasteiger partial charge in [-0.3, -0.25) is 25.2 Å². The number of nitrogens with zero attached hydrogens (tertiary/aromatic N) is 1. The lowest BCUT2D eigenvalue weighted by atomic mass is 10.2. The van der Waals surface area contributed by atoms with Crippen LogP contribution in [0.5, 0.6) is 0 Å². The first-order valence-corrected chi connectivity index (χ1v) is 5.86. The Morgan fingerprint density at radius 3 is 2.25 bits per heavy atom. The zero-order valence-corrected chi connectivity index (χ0v) is 10.8. The summed E-state index contributed by atoms with van der Waals surface area (Å²) in [6.45, 7) is 0. The van der Waals surface area contributed by atoms with E-state index in [1.54, 1.807) is 12.1 Å². The summed E-state index contributed by atoms with van der Waals surface area (Å²) < 4.78 is 0. The summed E-state index contributed by atoms with van der Waals surface area (Å²) in [6, 6.07) is 8.54. The fourth-order valence-electron chi connectivity index (χ4n) is 1.32. The fraction of sp³-hybridized carbons (Fsp3) is 0. The van der Waals surface area contributed by atoms with Gasteiger partial charge in [-0.2, -0.15) is 5.10 Å². The molecule has 0 bridgehead atoms. The number of hydrogen-bond acceptors (Lipinski definition) is 4. The molecule has 0 saturated carbocycles. The van der Waals surface area contributed by atoms with E-state index >= 15 is 0 Å². The largest absolute Gasteiger partial charge is 0.290 e. The van der Waals surface area contributed by atoms with Crippen molar-refractivity contribution in [2.45, 2.75) is 0 Å². The molecular formula is C12H9ClN4O3. The van der Waals surface area contributed by atoms with Gasteiger partial charge in [-0.25, -0.2) is 5.10 Å². The molecule has 1 aromatic carbocycles. The minimum Gasteiger partial charge on any atom is -0.268 e. The van der Waals surface area contributed by atoms with Gasteiger partial charge in [0, 0.05) is 16.7 Å². The topological polar surface area (TPSA) is 104 Å². The molecule has 0 aliphatic rings. The second-order valence-corrected chi connectivity index (χ2v) is 4.16. The van der Waals surface area contributed by atoms with Gasteiger partial charge in [-0.05, 0) is 30.3 Å². The smallest absolute Gasteiger partial charge is 0.268 e. The Morgan fingerprint density at radius 2 is 1.65 bits per heavy atom. The first-order chi connectivity index (χ1) is 9.56. The van der Waals surface area contributed by atoms with Crippen molar-refractivity contribution >= 4 is 23.4 Å². The molecule has 1 aromatic heterocycles. The highest BCUT2D eigenvalue weighted by molar-refractivity contribution is 6.30. The van der Waals surface area contributed by atoms with Crippen LogP contribution in [-0.4, -0.2) is 22.0 Å². The van der Waals surface area contributed by atoms with E-state index in [0.29, 0.717) is 10.6 Å². The van der Waals surface area contributed by atoms with Crippen molar-refractivity contribution < 1.29 is 9.59 Å². The summed E-state index contributed by atoms with van der Waals surface area (Å²) >= 11 is 5.70. The Labute approximate surface area is 117 Å². The lowest BCUT2D eigenvalue weighted by Crippen LogP contribution is -2.42. The molecule has 0 saturated heterocycles. The van der Waals surface area contributed by atoms with Gasteiger partial charge in [-0.1, -0.05) is 11.6 Å². The summed E-state index contributed by atoms with van der Waals surface area (Å²) in [4.78, 5) is 34.1. The number of aromatic nitrogens is 2. The third kappa shape index (κ3) is 3.42. The number of rotatable bonds is 2. The third-order valence-electron chi connectivity index (χ3n) is 2.31. The van der Waals surface area contributed by atoms with Gasteiger partial charge in [0.05, 0.1) is 0 Å². The van der Waals surface area contributed by atoms with Crippen LogP contribution in [0.1, 0.15) is 20.8 Å². The van der Waals surface area contributed by atoms with Crippen LogP contribution in [0.15, 0.2) is 41.2 Å². The highest BCUT2D eigenvalue weighted by atomic mass is 35.5. The zero-order chi connectivity index (χ0) is 14.5. The lowest BCUT2D eigenvalue weighted by Gasteiger charge is -2.06. The van der Waals surface area contributed by atoms with Crippen molar-refractivity contribution in [2.75, 3.05) is 0 Å². The number of H-pyrrole nitrogens is 1. The molecule has 1 heterocycles. The number of benzene rings is 1. The van der Waals surface area contributed by atoms with E-state index in [1.807, 2.05) is 0 Å². The van der Waals surface area contributed by atoms with Crippen LogP contribution in [0.3, 0.4) is 0 Å². The monoisotopic (exact) mass is 292 g/mol. The molecule has 0 atom stereocenters. The van der Waals surface area contributed by atoms with Crippen LogP contribution >= 0.6 is 11.6 Å². The number of hydrazine groups is 1. The molecule has 7 nitrogen and oxygen atoms in total. The highest BCUT2D eigenvalue weighted by Gasteiger charge is 2.10. The first kappa shape index (κ1) is 13.8. The number of carbonyl (C=O) groups excluding carboxylic acids is 2. The van der Waals surface area contributed by atoms with E-state index in [0.717, 1.165) is 6.07 Å². The number of nitrogens with one attached hydrogen (secondary N) is 3. The Balaban J connectivity index is 1.96. The van der Waals surface area contributed by atoms with E-state index in [9.17, 15) is 14.4 Å². The molecular weight excluding hydrogens is 284 g/mol. The molecule has 0 radical (unpaired) electrons. The average Bonchev–Trinajstić information content (AvgIpc) is 2.46. The molecule has 0 unspecified atom stereocenters. The van der Waals surface area contributed by atoms with Crippen molar-refractivity contribution in [3.05, 3.63) is 63.0 Å². The zero-order valence-electron chi connectivity index (χ0n) is 10.0. The second kappa shape index (κ2) is 5.98. The number of hydrogen-bond donors (Lipinski definition) is 3. The maximum absolute atomic E-state index is 11.7. The molecule has 0 spiro atoms. The molecule has 0 fully saturated rings. The predicted octanol–water partition coefficient (Wildman–Crippen LogP) is 0.498. The second-order valence-electron chi connectivity index (χ2n) is 3.72. The summed E-state index contributed by atoms with van der Waals surface area (Å²) in [5.74, 6) is -1.15. The maximum atomic E-state index is 11.7. The normalized spacial score (nSPS) is 9.85. The molecule has 20 heavy (non-hydrogen) atoms. The fourth-order valence-corrected chi connectivity index (χ4v) is 1.45. The van der Waals surface area contributed by atoms with Crippen LogP contribution in [-0.2, 0) is 0 Å². The molecule has 8 heteroatoms. The summed E-state index contributed by atoms with van der Waals surface area (Å²) in [5.41, 5.74) is 4.28. The van der Waals surface area contributed by atoms with Crippen molar-refractivity contribution in [3.63, 3.8) is 0 Å². The lowest BCUT2D eigenvalue weighted by molar-refractivity contribution is 0.0843. The number of carbonyl (C=O) groups is 2. The summed E-state index contributed by atoms with van der Waals surface area (Å²) in [6.07, 6.45) is 0. The standard InChI is InChI=1S/C12H9ClN4O3/c13-8-3-1-7(2-4-8)11(19)16-17-12(20)9-5-6-10(18)15-14-9/h1-6H,(H,15,18)(H,16,19)(H,17,20). The molecule has 0 aliphatic carbocycles. The Kier molecular flexibility index (Phi) is 4.11. The van der Waals surface area contributed by atoms with Gasteiger partial charge >= 0.3 is 0 Å². The van der Waals surface area contributed by atoms with Crippen molar-refractivity contribution in [1.82, 2.24) is 21.0 Å².